The first-order chi connectivity index (χ1) is 11.9. The summed E-state index contributed by atoms with van der Waals surface area (Å²) < 4.78 is 6.17. The zero-order valence-electron chi connectivity index (χ0n) is 13.9. The van der Waals surface area contributed by atoms with E-state index < -0.39 is 12.0 Å². The Kier molecular flexibility index (Phi) is 5.15. The van der Waals surface area contributed by atoms with Crippen molar-refractivity contribution in [2.24, 2.45) is 4.99 Å². The first kappa shape index (κ1) is 17.9. The number of hydrogen-bond donors (Lipinski definition) is 0. The van der Waals surface area contributed by atoms with Crippen LogP contribution in [0.2, 0.25) is 0 Å². The van der Waals surface area contributed by atoms with Crippen molar-refractivity contribution in [2.75, 3.05) is 6.61 Å². The van der Waals surface area contributed by atoms with E-state index in [2.05, 4.69) is 27.5 Å². The maximum atomic E-state index is 12.7. The van der Waals surface area contributed by atoms with Gasteiger partial charge in [-0.05, 0) is 31.5 Å². The van der Waals surface area contributed by atoms with E-state index in [1.165, 1.54) is 17.8 Å². The fraction of sp³-hybridized carbons (Fsp3) is 0.278. The van der Waals surface area contributed by atoms with Crippen LogP contribution in [0.3, 0.4) is 0 Å². The van der Waals surface area contributed by atoms with Gasteiger partial charge in [-0.3, -0.25) is 9.69 Å². The Balaban J connectivity index is 2.11. The van der Waals surface area contributed by atoms with E-state index in [0.717, 1.165) is 10.0 Å². The van der Waals surface area contributed by atoms with Crippen LogP contribution in [-0.4, -0.2) is 33.8 Å². The summed E-state index contributed by atoms with van der Waals surface area (Å²) in [5.74, 6) is -0.538. The van der Waals surface area contributed by atoms with Gasteiger partial charge in [0.05, 0.1) is 22.6 Å². The lowest BCUT2D eigenvalue weighted by molar-refractivity contribution is -0.139. The summed E-state index contributed by atoms with van der Waals surface area (Å²) in [7, 11) is 0. The minimum atomic E-state index is -0.539. The third kappa shape index (κ3) is 3.30. The molecule has 2 atom stereocenters. The highest BCUT2D eigenvalue weighted by Gasteiger charge is 2.46. The molecule has 0 unspecified atom stereocenters. The average Bonchev–Trinajstić information content (AvgIpc) is 2.86. The van der Waals surface area contributed by atoms with Crippen LogP contribution in [0, 0.1) is 0 Å². The predicted molar refractivity (Wildman–Crippen MR) is 102 cm³/mol. The molecular formula is C18H17BrN2O3S. The molecule has 0 radical (unpaired) electrons. The highest BCUT2D eigenvalue weighted by atomic mass is 79.9. The van der Waals surface area contributed by atoms with E-state index >= 15 is 0 Å². The number of carbonyl (C=O) groups is 2. The van der Waals surface area contributed by atoms with Gasteiger partial charge < -0.3 is 4.74 Å². The lowest BCUT2D eigenvalue weighted by atomic mass is 9.94. The second kappa shape index (κ2) is 7.17. The van der Waals surface area contributed by atoms with Crippen molar-refractivity contribution >= 4 is 44.7 Å². The van der Waals surface area contributed by atoms with Crippen molar-refractivity contribution in [1.29, 1.82) is 0 Å². The standard InChI is InChI=1S/C18H17BrN2O3S/c1-4-9-24-17(23)14-10(2)20-18-21(16(22)11(3)25-18)15(14)12-5-7-13(19)8-6-12/h4-8,11,15H,1,9H2,2-3H3/t11-,15-/m0/s1. The third-order valence-electron chi connectivity index (χ3n) is 4.00. The molecule has 130 valence electrons. The van der Waals surface area contributed by atoms with E-state index in [1.807, 2.05) is 31.2 Å². The minimum Gasteiger partial charge on any atom is -0.458 e. The van der Waals surface area contributed by atoms with Crippen LogP contribution in [0.25, 0.3) is 0 Å². The molecule has 1 aromatic carbocycles. The van der Waals surface area contributed by atoms with Crippen molar-refractivity contribution in [3.63, 3.8) is 0 Å². The van der Waals surface area contributed by atoms with Gasteiger partial charge in [-0.2, -0.15) is 0 Å². The quantitative estimate of drug-likeness (QED) is 0.548. The molecule has 0 bridgehead atoms. The summed E-state index contributed by atoms with van der Waals surface area (Å²) in [6.07, 6.45) is 1.51. The molecule has 1 saturated heterocycles. The van der Waals surface area contributed by atoms with Crippen molar-refractivity contribution in [3.05, 3.63) is 58.2 Å². The van der Waals surface area contributed by atoms with Crippen LogP contribution < -0.4 is 0 Å². The number of thioether (sulfide) groups is 1. The lowest BCUT2D eigenvalue weighted by Gasteiger charge is -2.33. The number of aliphatic imine (C=N–C) groups is 1. The van der Waals surface area contributed by atoms with E-state index in [-0.39, 0.29) is 17.8 Å². The fourth-order valence-electron chi connectivity index (χ4n) is 2.84. The number of hydrogen-bond acceptors (Lipinski definition) is 5. The molecule has 0 N–H and O–H groups in total. The maximum Gasteiger partial charge on any atom is 0.338 e. The molecule has 1 fully saturated rings. The molecular weight excluding hydrogens is 404 g/mol. The normalized spacial score (nSPS) is 22.6. The van der Waals surface area contributed by atoms with Crippen LogP contribution in [0.5, 0.6) is 0 Å². The van der Waals surface area contributed by atoms with Gasteiger partial charge in [-0.1, -0.05) is 52.5 Å². The number of carbonyl (C=O) groups excluding carboxylic acids is 2. The summed E-state index contributed by atoms with van der Waals surface area (Å²) in [6.45, 7) is 7.29. The average molecular weight is 421 g/mol. The molecule has 1 amide bonds. The van der Waals surface area contributed by atoms with E-state index in [0.29, 0.717) is 16.4 Å². The first-order valence-electron chi connectivity index (χ1n) is 7.76. The SMILES string of the molecule is C=CCOC(=O)C1=C(C)N=C2S[C@@H](C)C(=O)N2[C@H]1c1ccc(Br)cc1. The van der Waals surface area contributed by atoms with E-state index in [1.54, 1.807) is 11.8 Å². The molecule has 1 aromatic rings. The van der Waals surface area contributed by atoms with Crippen LogP contribution >= 0.6 is 27.7 Å². The lowest BCUT2D eigenvalue weighted by Crippen LogP contribution is -2.40. The maximum absolute atomic E-state index is 12.7. The number of rotatable bonds is 4. The number of ether oxygens (including phenoxy) is 1. The minimum absolute atomic E-state index is 0.0572. The molecule has 25 heavy (non-hydrogen) atoms. The van der Waals surface area contributed by atoms with Gasteiger partial charge in [-0.25, -0.2) is 9.79 Å². The summed E-state index contributed by atoms with van der Waals surface area (Å²) in [6, 6.07) is 7.03. The van der Waals surface area contributed by atoms with Gasteiger partial charge in [0.25, 0.3) is 0 Å². The second-order valence-electron chi connectivity index (χ2n) is 5.70. The van der Waals surface area contributed by atoms with Gasteiger partial charge >= 0.3 is 5.97 Å². The van der Waals surface area contributed by atoms with Gasteiger partial charge in [0.1, 0.15) is 6.61 Å². The van der Waals surface area contributed by atoms with Crippen LogP contribution in [0.15, 0.2) is 57.7 Å². The number of allylic oxidation sites excluding steroid dienone is 1. The van der Waals surface area contributed by atoms with Crippen molar-refractivity contribution in [3.8, 4) is 0 Å². The van der Waals surface area contributed by atoms with Crippen LogP contribution in [0.4, 0.5) is 0 Å². The number of nitrogens with zero attached hydrogens (tertiary/aromatic N) is 2. The predicted octanol–water partition coefficient (Wildman–Crippen LogP) is 3.83. The second-order valence-corrected chi connectivity index (χ2v) is 7.93. The highest BCUT2D eigenvalue weighted by molar-refractivity contribution is 9.10. The fourth-order valence-corrected chi connectivity index (χ4v) is 4.13. The molecule has 7 heteroatoms. The zero-order chi connectivity index (χ0) is 18.1. The molecule has 2 aliphatic heterocycles. The summed E-state index contributed by atoms with van der Waals surface area (Å²) in [5.41, 5.74) is 1.79. The monoisotopic (exact) mass is 420 g/mol. The molecule has 2 heterocycles. The number of benzene rings is 1. The number of amidine groups is 1. The van der Waals surface area contributed by atoms with Crippen LogP contribution in [0.1, 0.15) is 25.5 Å². The summed E-state index contributed by atoms with van der Waals surface area (Å²) in [4.78, 5) is 31.4. The third-order valence-corrected chi connectivity index (χ3v) is 5.58. The molecule has 2 aliphatic rings. The molecule has 3 rings (SSSR count). The molecule has 0 aromatic heterocycles. The highest BCUT2D eigenvalue weighted by Crippen LogP contribution is 2.43. The van der Waals surface area contributed by atoms with Crippen molar-refractivity contribution in [1.82, 2.24) is 4.90 Å². The van der Waals surface area contributed by atoms with Gasteiger partial charge in [0.15, 0.2) is 5.17 Å². The van der Waals surface area contributed by atoms with Gasteiger partial charge in [0, 0.05) is 4.47 Å². The Bertz CT molecular complexity index is 801. The van der Waals surface area contributed by atoms with E-state index in [9.17, 15) is 9.59 Å². The molecule has 0 aliphatic carbocycles. The Morgan fingerprint density at radius 3 is 2.76 bits per heavy atom. The number of amides is 1. The van der Waals surface area contributed by atoms with Gasteiger partial charge in [0.2, 0.25) is 5.91 Å². The Morgan fingerprint density at radius 1 is 1.44 bits per heavy atom. The first-order valence-corrected chi connectivity index (χ1v) is 9.44. The number of esters is 1. The largest absolute Gasteiger partial charge is 0.458 e. The Morgan fingerprint density at radius 2 is 2.12 bits per heavy atom. The molecule has 5 nitrogen and oxygen atoms in total. The number of halogens is 1. The van der Waals surface area contributed by atoms with Gasteiger partial charge in [-0.15, -0.1) is 0 Å². The van der Waals surface area contributed by atoms with E-state index in [4.69, 9.17) is 4.74 Å². The molecule has 0 saturated carbocycles. The summed E-state index contributed by atoms with van der Waals surface area (Å²) >= 11 is 4.82. The van der Waals surface area contributed by atoms with Crippen molar-refractivity contribution < 1.29 is 14.3 Å². The smallest absolute Gasteiger partial charge is 0.338 e. The zero-order valence-corrected chi connectivity index (χ0v) is 16.3. The topological polar surface area (TPSA) is 59.0 Å². The summed E-state index contributed by atoms with van der Waals surface area (Å²) in [5, 5.41) is 0.399. The Labute approximate surface area is 159 Å². The van der Waals surface area contributed by atoms with Crippen molar-refractivity contribution in [2.45, 2.75) is 25.1 Å². The number of fused-ring (bicyclic) bond motifs is 1. The van der Waals surface area contributed by atoms with Crippen LogP contribution in [-0.2, 0) is 14.3 Å². The Hall–Kier alpha value is -1.86. The molecule has 0 spiro atoms.